The minimum absolute atomic E-state index is 0.361. The molecule has 0 aliphatic rings. The Morgan fingerprint density at radius 3 is 2.50 bits per heavy atom. The van der Waals surface area contributed by atoms with Crippen molar-refractivity contribution in [3.05, 3.63) is 56.2 Å². The predicted molar refractivity (Wildman–Crippen MR) is 82.8 cm³/mol. The predicted octanol–water partition coefficient (Wildman–Crippen LogP) is 3.96. The van der Waals surface area contributed by atoms with Gasteiger partial charge in [-0.3, -0.25) is 4.98 Å². The molecule has 0 aliphatic carbocycles. The van der Waals surface area contributed by atoms with Crippen LogP contribution < -0.4 is 5.32 Å². The zero-order valence-electron chi connectivity index (χ0n) is 10.2. The number of aromatic nitrogens is 1. The highest BCUT2D eigenvalue weighted by molar-refractivity contribution is 9.11. The van der Waals surface area contributed by atoms with Crippen LogP contribution in [0.1, 0.15) is 16.8 Å². The van der Waals surface area contributed by atoms with E-state index >= 15 is 0 Å². The Hall–Kier alpha value is -1.89. The van der Waals surface area contributed by atoms with E-state index in [1.807, 2.05) is 18.2 Å². The molecule has 1 heterocycles. The largest absolute Gasteiger partial charge is 0.379 e. The third-order valence-electron chi connectivity index (χ3n) is 2.60. The first-order chi connectivity index (χ1) is 9.63. The fraction of sp³-hybridized carbons (Fsp3) is 0.0714. The molecule has 0 unspecified atom stereocenters. The number of nitriles is 2. The molecular weight excluding hydrogens is 384 g/mol. The van der Waals surface area contributed by atoms with Crippen LogP contribution in [-0.2, 0) is 6.54 Å². The summed E-state index contributed by atoms with van der Waals surface area (Å²) in [5, 5.41) is 21.0. The van der Waals surface area contributed by atoms with Crippen LogP contribution >= 0.6 is 31.9 Å². The molecule has 0 aliphatic heterocycles. The van der Waals surface area contributed by atoms with Gasteiger partial charge >= 0.3 is 0 Å². The van der Waals surface area contributed by atoms with E-state index in [0.717, 1.165) is 20.3 Å². The minimum atomic E-state index is 0.361. The van der Waals surface area contributed by atoms with Crippen molar-refractivity contribution in [3.8, 4) is 12.1 Å². The summed E-state index contributed by atoms with van der Waals surface area (Å²) in [6.45, 7) is 0.518. The summed E-state index contributed by atoms with van der Waals surface area (Å²) in [5.74, 6) is 0. The number of hydrogen-bond acceptors (Lipinski definition) is 4. The van der Waals surface area contributed by atoms with Gasteiger partial charge < -0.3 is 5.32 Å². The van der Waals surface area contributed by atoms with E-state index < -0.39 is 0 Å². The zero-order valence-corrected chi connectivity index (χ0v) is 13.4. The van der Waals surface area contributed by atoms with Gasteiger partial charge in [0.15, 0.2) is 0 Å². The van der Waals surface area contributed by atoms with Gasteiger partial charge in [0.25, 0.3) is 0 Å². The fourth-order valence-corrected chi connectivity index (χ4v) is 2.73. The topological polar surface area (TPSA) is 72.5 Å². The molecule has 0 saturated carbocycles. The lowest BCUT2D eigenvalue weighted by Gasteiger charge is -2.08. The van der Waals surface area contributed by atoms with Gasteiger partial charge in [0.2, 0.25) is 0 Å². The number of anilines is 1. The van der Waals surface area contributed by atoms with Crippen LogP contribution in [-0.4, -0.2) is 4.98 Å². The van der Waals surface area contributed by atoms with Crippen molar-refractivity contribution >= 4 is 37.5 Å². The van der Waals surface area contributed by atoms with Crippen LogP contribution in [0.4, 0.5) is 5.69 Å². The average molecular weight is 392 g/mol. The molecule has 2 aromatic rings. The highest BCUT2D eigenvalue weighted by Crippen LogP contribution is 2.21. The molecule has 0 amide bonds. The van der Waals surface area contributed by atoms with Gasteiger partial charge in [-0.1, -0.05) is 0 Å². The zero-order chi connectivity index (χ0) is 14.5. The van der Waals surface area contributed by atoms with Crippen LogP contribution in [0.3, 0.4) is 0 Å². The number of nitrogens with one attached hydrogen (secondary N) is 1. The van der Waals surface area contributed by atoms with E-state index in [0.29, 0.717) is 17.7 Å². The highest BCUT2D eigenvalue weighted by atomic mass is 79.9. The standard InChI is InChI=1S/C14H8Br2N4/c15-11-4-13(16)14(20-7-11)8-19-12-2-1-9(5-17)10(3-12)6-18/h1-4,7,19H,8H2. The summed E-state index contributed by atoms with van der Waals surface area (Å²) >= 11 is 6.79. The van der Waals surface area contributed by atoms with E-state index in [2.05, 4.69) is 42.2 Å². The molecule has 1 N–H and O–H groups in total. The normalized spacial score (nSPS) is 9.60. The van der Waals surface area contributed by atoms with Crippen molar-refractivity contribution in [1.29, 1.82) is 10.5 Å². The molecule has 2 rings (SSSR count). The number of rotatable bonds is 3. The molecule has 0 saturated heterocycles. The van der Waals surface area contributed by atoms with Gasteiger partial charge in [0.05, 0.1) is 23.4 Å². The van der Waals surface area contributed by atoms with Crippen LogP contribution in [0.25, 0.3) is 0 Å². The van der Waals surface area contributed by atoms with Gasteiger partial charge in [-0.2, -0.15) is 10.5 Å². The van der Waals surface area contributed by atoms with Crippen LogP contribution in [0.15, 0.2) is 39.4 Å². The Morgan fingerprint density at radius 2 is 1.85 bits per heavy atom. The van der Waals surface area contributed by atoms with Crippen molar-refractivity contribution < 1.29 is 0 Å². The first-order valence-corrected chi connectivity index (χ1v) is 7.20. The average Bonchev–Trinajstić information content (AvgIpc) is 2.46. The maximum atomic E-state index is 8.98. The number of pyridine rings is 1. The van der Waals surface area contributed by atoms with E-state index in [1.165, 1.54) is 0 Å². The third-order valence-corrected chi connectivity index (χ3v) is 3.72. The maximum absolute atomic E-state index is 8.98. The Balaban J connectivity index is 2.16. The van der Waals surface area contributed by atoms with Crippen LogP contribution in [0, 0.1) is 22.7 Å². The molecule has 0 radical (unpaired) electrons. The molecule has 0 fully saturated rings. The smallest absolute Gasteiger partial charge is 0.101 e. The molecule has 20 heavy (non-hydrogen) atoms. The first kappa shape index (κ1) is 14.5. The monoisotopic (exact) mass is 390 g/mol. The summed E-state index contributed by atoms with van der Waals surface area (Å²) in [5.41, 5.74) is 2.37. The Kier molecular flexibility index (Phi) is 4.73. The highest BCUT2D eigenvalue weighted by Gasteiger charge is 2.05. The van der Waals surface area contributed by atoms with Gasteiger partial charge in [-0.05, 0) is 56.1 Å². The number of hydrogen-bond donors (Lipinski definition) is 1. The van der Waals surface area contributed by atoms with Crippen molar-refractivity contribution in [1.82, 2.24) is 4.98 Å². The van der Waals surface area contributed by atoms with Crippen LogP contribution in [0.5, 0.6) is 0 Å². The van der Waals surface area contributed by atoms with Crippen molar-refractivity contribution in [3.63, 3.8) is 0 Å². The Labute approximate surface area is 133 Å². The van der Waals surface area contributed by atoms with Gasteiger partial charge in [0, 0.05) is 20.8 Å². The van der Waals surface area contributed by atoms with Gasteiger partial charge in [-0.15, -0.1) is 0 Å². The summed E-state index contributed by atoms with van der Waals surface area (Å²) < 4.78 is 1.80. The van der Waals surface area contributed by atoms with E-state index in [9.17, 15) is 0 Å². The van der Waals surface area contributed by atoms with Crippen molar-refractivity contribution in [2.24, 2.45) is 0 Å². The second kappa shape index (κ2) is 6.51. The van der Waals surface area contributed by atoms with Gasteiger partial charge in [-0.25, -0.2) is 0 Å². The molecule has 1 aromatic carbocycles. The Morgan fingerprint density at radius 1 is 1.10 bits per heavy atom. The van der Waals surface area contributed by atoms with Crippen molar-refractivity contribution in [2.75, 3.05) is 5.32 Å². The lowest BCUT2D eigenvalue weighted by Crippen LogP contribution is -2.03. The number of halogens is 2. The fourth-order valence-electron chi connectivity index (χ4n) is 1.60. The van der Waals surface area contributed by atoms with Crippen LogP contribution in [0.2, 0.25) is 0 Å². The van der Waals surface area contributed by atoms with E-state index in [4.69, 9.17) is 10.5 Å². The van der Waals surface area contributed by atoms with E-state index in [-0.39, 0.29) is 0 Å². The lowest BCUT2D eigenvalue weighted by atomic mass is 10.1. The number of benzene rings is 1. The molecule has 6 heteroatoms. The summed E-state index contributed by atoms with van der Waals surface area (Å²) in [6, 6.07) is 11.0. The summed E-state index contributed by atoms with van der Waals surface area (Å²) in [7, 11) is 0. The quantitative estimate of drug-likeness (QED) is 0.859. The molecule has 0 spiro atoms. The second-order valence-electron chi connectivity index (χ2n) is 3.92. The summed E-state index contributed by atoms with van der Waals surface area (Å²) in [6.07, 6.45) is 1.72. The summed E-state index contributed by atoms with van der Waals surface area (Å²) in [4.78, 5) is 4.30. The Bertz CT molecular complexity index is 729. The molecule has 0 atom stereocenters. The van der Waals surface area contributed by atoms with Gasteiger partial charge in [0.1, 0.15) is 12.1 Å². The third kappa shape index (κ3) is 3.36. The van der Waals surface area contributed by atoms with E-state index in [1.54, 1.807) is 24.4 Å². The molecular formula is C14H8Br2N4. The SMILES string of the molecule is N#Cc1ccc(NCc2ncc(Br)cc2Br)cc1C#N. The molecule has 98 valence electrons. The second-order valence-corrected chi connectivity index (χ2v) is 5.69. The first-order valence-electron chi connectivity index (χ1n) is 5.62. The number of nitrogens with zero attached hydrogens (tertiary/aromatic N) is 3. The molecule has 1 aromatic heterocycles. The lowest BCUT2D eigenvalue weighted by molar-refractivity contribution is 1.03. The molecule has 4 nitrogen and oxygen atoms in total. The maximum Gasteiger partial charge on any atom is 0.101 e. The van der Waals surface area contributed by atoms with Crippen molar-refractivity contribution in [2.45, 2.75) is 6.54 Å². The molecule has 0 bridgehead atoms. The minimum Gasteiger partial charge on any atom is -0.379 e.